The zero-order chi connectivity index (χ0) is 17.9. The number of piperidine rings is 1. The highest BCUT2D eigenvalue weighted by atomic mass is 16.3. The van der Waals surface area contributed by atoms with Gasteiger partial charge in [-0.3, -0.25) is 4.79 Å². The number of carbonyl (C=O) groups excluding carboxylic acids is 1. The van der Waals surface area contributed by atoms with Crippen molar-refractivity contribution in [1.82, 2.24) is 15.8 Å². The van der Waals surface area contributed by atoms with Crippen LogP contribution in [0.5, 0.6) is 5.75 Å². The van der Waals surface area contributed by atoms with E-state index in [0.717, 1.165) is 31.5 Å². The molecular weight excluding hydrogens is 326 g/mol. The fourth-order valence-corrected chi connectivity index (χ4v) is 4.10. The molecule has 2 aliphatic heterocycles. The molecule has 26 heavy (non-hydrogen) atoms. The number of amides is 1. The Bertz CT molecular complexity index is 765. The van der Waals surface area contributed by atoms with E-state index in [4.69, 9.17) is 0 Å². The summed E-state index contributed by atoms with van der Waals surface area (Å²) in [6, 6.07) is 17.4. The summed E-state index contributed by atoms with van der Waals surface area (Å²) in [5.41, 5.74) is 8.45. The highest BCUT2D eigenvalue weighted by Crippen LogP contribution is 2.31. The first-order chi connectivity index (χ1) is 12.7. The number of likely N-dealkylation sites (tertiary alicyclic amines) is 1. The Morgan fingerprint density at radius 3 is 2.62 bits per heavy atom. The first-order valence-corrected chi connectivity index (χ1v) is 9.35. The van der Waals surface area contributed by atoms with Crippen LogP contribution in [0.15, 0.2) is 54.6 Å². The van der Waals surface area contributed by atoms with E-state index in [1.807, 2.05) is 23.1 Å². The molecule has 2 aromatic carbocycles. The van der Waals surface area contributed by atoms with Crippen molar-refractivity contribution in [3.8, 4) is 5.75 Å². The summed E-state index contributed by atoms with van der Waals surface area (Å²) >= 11 is 0. The van der Waals surface area contributed by atoms with Gasteiger partial charge in [-0.15, -0.1) is 0 Å². The van der Waals surface area contributed by atoms with Crippen LogP contribution in [0.1, 0.15) is 42.3 Å². The number of nitrogens with zero attached hydrogens (tertiary/aromatic N) is 1. The monoisotopic (exact) mass is 351 g/mol. The Kier molecular flexibility index (Phi) is 4.91. The Labute approximate surface area is 154 Å². The molecule has 3 N–H and O–H groups in total. The fourth-order valence-electron chi connectivity index (χ4n) is 4.10. The maximum Gasteiger partial charge on any atom is 0.241 e. The number of nitrogens with one attached hydrogen (secondary N) is 2. The molecule has 3 atom stereocenters. The number of para-hydroxylation sites is 1. The molecule has 5 heteroatoms. The minimum Gasteiger partial charge on any atom is -0.508 e. The van der Waals surface area contributed by atoms with Crippen LogP contribution in [0, 0.1) is 0 Å². The van der Waals surface area contributed by atoms with E-state index in [1.165, 1.54) is 5.56 Å². The first kappa shape index (κ1) is 17.1. The number of aromatic hydroxyl groups is 1. The molecule has 0 bridgehead atoms. The lowest BCUT2D eigenvalue weighted by Gasteiger charge is -2.34. The molecule has 2 fully saturated rings. The highest BCUT2D eigenvalue weighted by Gasteiger charge is 2.35. The summed E-state index contributed by atoms with van der Waals surface area (Å²) in [6.45, 7) is 1.60. The van der Waals surface area contributed by atoms with E-state index in [1.54, 1.807) is 12.1 Å². The number of phenolic OH excluding ortho intramolecular Hbond substituents is 1. The zero-order valence-electron chi connectivity index (χ0n) is 14.8. The molecule has 5 nitrogen and oxygen atoms in total. The van der Waals surface area contributed by atoms with Crippen LogP contribution in [0.3, 0.4) is 0 Å². The van der Waals surface area contributed by atoms with E-state index in [9.17, 15) is 9.90 Å². The van der Waals surface area contributed by atoms with Gasteiger partial charge in [-0.1, -0.05) is 48.5 Å². The second-order valence-corrected chi connectivity index (χ2v) is 7.22. The number of hydrazine groups is 1. The number of benzene rings is 2. The van der Waals surface area contributed by atoms with Gasteiger partial charge in [0, 0.05) is 24.6 Å². The minimum absolute atomic E-state index is 0.0557. The highest BCUT2D eigenvalue weighted by molar-refractivity contribution is 5.82. The molecule has 0 radical (unpaired) electrons. The average Bonchev–Trinajstić information content (AvgIpc) is 3.18. The van der Waals surface area contributed by atoms with E-state index in [2.05, 4.69) is 35.1 Å². The summed E-state index contributed by atoms with van der Waals surface area (Å²) in [7, 11) is 0. The van der Waals surface area contributed by atoms with Gasteiger partial charge < -0.3 is 10.0 Å². The largest absolute Gasteiger partial charge is 0.508 e. The van der Waals surface area contributed by atoms with Crippen LogP contribution < -0.4 is 10.9 Å². The molecule has 0 saturated carbocycles. The fraction of sp³-hybridized carbons (Fsp3) is 0.381. The molecule has 2 heterocycles. The van der Waals surface area contributed by atoms with E-state index >= 15 is 0 Å². The smallest absolute Gasteiger partial charge is 0.241 e. The summed E-state index contributed by atoms with van der Waals surface area (Å²) < 4.78 is 0. The number of carbonyl (C=O) groups is 1. The number of rotatable bonds is 3. The average molecular weight is 351 g/mol. The topological polar surface area (TPSA) is 64.6 Å². The van der Waals surface area contributed by atoms with Gasteiger partial charge in [0.1, 0.15) is 11.8 Å². The molecule has 4 rings (SSSR count). The van der Waals surface area contributed by atoms with Gasteiger partial charge in [-0.05, 0) is 30.9 Å². The normalized spacial score (nSPS) is 26.0. The van der Waals surface area contributed by atoms with Gasteiger partial charge in [0.25, 0.3) is 0 Å². The van der Waals surface area contributed by atoms with Crippen molar-refractivity contribution in [3.63, 3.8) is 0 Å². The first-order valence-electron chi connectivity index (χ1n) is 9.35. The van der Waals surface area contributed by atoms with E-state index in [-0.39, 0.29) is 23.7 Å². The quantitative estimate of drug-likeness (QED) is 0.796. The van der Waals surface area contributed by atoms with Gasteiger partial charge in [0.05, 0.1) is 6.04 Å². The molecule has 0 spiro atoms. The molecule has 136 valence electrons. The Hall–Kier alpha value is -2.37. The van der Waals surface area contributed by atoms with Crippen LogP contribution in [0.4, 0.5) is 0 Å². The van der Waals surface area contributed by atoms with Crippen LogP contribution >= 0.6 is 0 Å². The van der Waals surface area contributed by atoms with Crippen molar-refractivity contribution >= 4 is 5.91 Å². The lowest BCUT2D eigenvalue weighted by atomic mass is 9.90. The van der Waals surface area contributed by atoms with Gasteiger partial charge in [0.15, 0.2) is 0 Å². The van der Waals surface area contributed by atoms with Crippen molar-refractivity contribution in [2.45, 2.75) is 37.3 Å². The van der Waals surface area contributed by atoms with Crippen LogP contribution in [-0.2, 0) is 4.79 Å². The number of phenols is 1. The SMILES string of the molecule is O=C(C1CC(c2ccccc2O)NN1)N1CCCC(c2ccccc2)C1. The third kappa shape index (κ3) is 3.45. The van der Waals surface area contributed by atoms with Crippen molar-refractivity contribution < 1.29 is 9.90 Å². The maximum absolute atomic E-state index is 13.0. The maximum atomic E-state index is 13.0. The lowest BCUT2D eigenvalue weighted by Crippen LogP contribution is -2.48. The van der Waals surface area contributed by atoms with Gasteiger partial charge >= 0.3 is 0 Å². The van der Waals surface area contributed by atoms with Crippen molar-refractivity contribution in [2.24, 2.45) is 0 Å². The Morgan fingerprint density at radius 1 is 1.04 bits per heavy atom. The third-order valence-corrected chi connectivity index (χ3v) is 5.52. The van der Waals surface area contributed by atoms with Gasteiger partial charge in [0.2, 0.25) is 5.91 Å². The standard InChI is InChI=1S/C21H25N3O2/c25-20-11-5-4-10-17(20)18-13-19(23-22-18)21(26)24-12-6-9-16(14-24)15-7-2-1-3-8-15/h1-5,7-8,10-11,16,18-19,22-23,25H,6,9,12-14H2. The molecular formula is C21H25N3O2. The second kappa shape index (κ2) is 7.48. The molecule has 0 aromatic heterocycles. The molecule has 2 aromatic rings. The van der Waals surface area contributed by atoms with Gasteiger partial charge in [-0.25, -0.2) is 10.9 Å². The molecule has 2 aliphatic rings. The van der Waals surface area contributed by atoms with Crippen LogP contribution in [0.2, 0.25) is 0 Å². The second-order valence-electron chi connectivity index (χ2n) is 7.22. The molecule has 2 saturated heterocycles. The van der Waals surface area contributed by atoms with Crippen molar-refractivity contribution in [3.05, 3.63) is 65.7 Å². The molecule has 1 amide bonds. The van der Waals surface area contributed by atoms with Gasteiger partial charge in [-0.2, -0.15) is 0 Å². The Morgan fingerprint density at radius 2 is 1.81 bits per heavy atom. The zero-order valence-corrected chi connectivity index (χ0v) is 14.8. The molecule has 3 unspecified atom stereocenters. The van der Waals surface area contributed by atoms with E-state index < -0.39 is 0 Å². The number of hydrogen-bond acceptors (Lipinski definition) is 4. The summed E-state index contributed by atoms with van der Waals surface area (Å²) in [5.74, 6) is 0.829. The number of hydrogen-bond donors (Lipinski definition) is 3. The lowest BCUT2D eigenvalue weighted by molar-refractivity contribution is -0.134. The third-order valence-electron chi connectivity index (χ3n) is 5.52. The summed E-state index contributed by atoms with van der Waals surface area (Å²) in [4.78, 5) is 15.0. The van der Waals surface area contributed by atoms with Crippen molar-refractivity contribution in [1.29, 1.82) is 0 Å². The molecule has 0 aliphatic carbocycles. The Balaban J connectivity index is 1.41. The minimum atomic E-state index is -0.255. The predicted molar refractivity (Wildman–Crippen MR) is 101 cm³/mol. The summed E-state index contributed by atoms with van der Waals surface area (Å²) in [6.07, 6.45) is 2.81. The predicted octanol–water partition coefficient (Wildman–Crippen LogP) is 2.71. The van der Waals surface area contributed by atoms with E-state index in [0.29, 0.717) is 12.3 Å². The van der Waals surface area contributed by atoms with Crippen LogP contribution in [0.25, 0.3) is 0 Å². The summed E-state index contributed by atoms with van der Waals surface area (Å²) in [5, 5.41) is 10.0. The van der Waals surface area contributed by atoms with Crippen molar-refractivity contribution in [2.75, 3.05) is 13.1 Å². The van der Waals surface area contributed by atoms with Crippen LogP contribution in [-0.4, -0.2) is 35.0 Å².